The highest BCUT2D eigenvalue weighted by Gasteiger charge is 2.37. The third-order valence-electron chi connectivity index (χ3n) is 3.79. The lowest BCUT2D eigenvalue weighted by Crippen LogP contribution is -2.60. The van der Waals surface area contributed by atoms with Gasteiger partial charge in [-0.3, -0.25) is 9.69 Å². The largest absolute Gasteiger partial charge is 0.459 e. The van der Waals surface area contributed by atoms with Gasteiger partial charge in [-0.1, -0.05) is 0 Å². The molecule has 6 heteroatoms. The minimum atomic E-state index is -0.0429. The summed E-state index contributed by atoms with van der Waals surface area (Å²) in [6, 6.07) is 3.44. The molecule has 0 spiro atoms. The van der Waals surface area contributed by atoms with Crippen LogP contribution in [0.4, 0.5) is 0 Å². The number of ether oxygens (including phenoxy) is 2. The lowest BCUT2D eigenvalue weighted by Gasteiger charge is -2.45. The van der Waals surface area contributed by atoms with Crippen molar-refractivity contribution in [2.24, 2.45) is 0 Å². The minimum Gasteiger partial charge on any atom is -0.459 e. The van der Waals surface area contributed by atoms with Crippen molar-refractivity contribution in [2.75, 3.05) is 46.4 Å². The van der Waals surface area contributed by atoms with E-state index in [1.807, 2.05) is 4.90 Å². The van der Waals surface area contributed by atoms with Crippen LogP contribution in [0.15, 0.2) is 22.8 Å². The second kappa shape index (κ2) is 5.95. The molecule has 2 aliphatic heterocycles. The fraction of sp³-hybridized carbons (Fsp3) is 0.643. The maximum Gasteiger partial charge on any atom is 0.289 e. The molecule has 0 radical (unpaired) electrons. The molecule has 1 aromatic rings. The average molecular weight is 280 g/mol. The average Bonchev–Trinajstić information content (AvgIpc) is 2.97. The third kappa shape index (κ3) is 2.87. The molecule has 0 aromatic carbocycles. The first kappa shape index (κ1) is 13.6. The van der Waals surface area contributed by atoms with E-state index < -0.39 is 0 Å². The Balaban J connectivity index is 1.60. The van der Waals surface area contributed by atoms with Gasteiger partial charge in [0.05, 0.1) is 25.1 Å². The van der Waals surface area contributed by atoms with Crippen molar-refractivity contribution in [1.82, 2.24) is 9.80 Å². The lowest BCUT2D eigenvalue weighted by molar-refractivity contribution is -0.132. The molecule has 110 valence electrons. The zero-order valence-corrected chi connectivity index (χ0v) is 11.7. The summed E-state index contributed by atoms with van der Waals surface area (Å²) >= 11 is 0. The zero-order chi connectivity index (χ0) is 13.9. The Morgan fingerprint density at radius 2 is 2.10 bits per heavy atom. The first-order valence-corrected chi connectivity index (χ1v) is 6.96. The summed E-state index contributed by atoms with van der Waals surface area (Å²) in [5.74, 6) is 0.361. The van der Waals surface area contributed by atoms with Crippen LogP contribution in [0.25, 0.3) is 0 Å². The standard InChI is InChI=1S/C14H20N2O4/c1-18-6-4-15-7-11-9-16(10-12(8-15)20-11)14(17)13-3-2-5-19-13/h2-3,5,11-12H,4,6-10H2,1H3. The smallest absolute Gasteiger partial charge is 0.289 e. The molecule has 1 aromatic heterocycles. The second-order valence-corrected chi connectivity index (χ2v) is 5.32. The molecule has 2 fully saturated rings. The van der Waals surface area contributed by atoms with Crippen molar-refractivity contribution in [3.8, 4) is 0 Å². The molecule has 2 atom stereocenters. The molecule has 2 aliphatic rings. The normalized spacial score (nSPS) is 26.8. The van der Waals surface area contributed by atoms with Gasteiger partial charge in [-0.2, -0.15) is 0 Å². The van der Waals surface area contributed by atoms with E-state index in [0.717, 1.165) is 26.2 Å². The minimum absolute atomic E-state index is 0.0429. The number of nitrogens with zero attached hydrogens (tertiary/aromatic N) is 2. The molecule has 2 saturated heterocycles. The highest BCUT2D eigenvalue weighted by Crippen LogP contribution is 2.20. The van der Waals surface area contributed by atoms with E-state index in [0.29, 0.717) is 18.8 Å². The van der Waals surface area contributed by atoms with Gasteiger partial charge in [0, 0.05) is 39.8 Å². The molecule has 3 heterocycles. The van der Waals surface area contributed by atoms with Gasteiger partial charge in [-0.25, -0.2) is 0 Å². The Morgan fingerprint density at radius 3 is 2.70 bits per heavy atom. The summed E-state index contributed by atoms with van der Waals surface area (Å²) in [4.78, 5) is 16.5. The Kier molecular flexibility index (Phi) is 4.05. The summed E-state index contributed by atoms with van der Waals surface area (Å²) in [6.07, 6.45) is 1.69. The summed E-state index contributed by atoms with van der Waals surface area (Å²) in [5, 5.41) is 0. The number of rotatable bonds is 4. The number of fused-ring (bicyclic) bond motifs is 2. The van der Waals surface area contributed by atoms with Crippen LogP contribution in [0.5, 0.6) is 0 Å². The Labute approximate surface area is 118 Å². The van der Waals surface area contributed by atoms with Crippen LogP contribution in [0.1, 0.15) is 10.6 Å². The Bertz CT molecular complexity index is 434. The first-order chi connectivity index (χ1) is 9.76. The highest BCUT2D eigenvalue weighted by molar-refractivity contribution is 5.91. The van der Waals surface area contributed by atoms with Gasteiger partial charge >= 0.3 is 0 Å². The van der Waals surface area contributed by atoms with Gasteiger partial charge in [-0.15, -0.1) is 0 Å². The number of furan rings is 1. The van der Waals surface area contributed by atoms with Crippen molar-refractivity contribution in [1.29, 1.82) is 0 Å². The van der Waals surface area contributed by atoms with Crippen LogP contribution >= 0.6 is 0 Å². The predicted molar refractivity (Wildman–Crippen MR) is 71.6 cm³/mol. The highest BCUT2D eigenvalue weighted by atomic mass is 16.5. The molecule has 2 unspecified atom stereocenters. The summed E-state index contributed by atoms with van der Waals surface area (Å²) in [6.45, 7) is 4.59. The summed E-state index contributed by atoms with van der Waals surface area (Å²) in [5.41, 5.74) is 0. The van der Waals surface area contributed by atoms with E-state index in [-0.39, 0.29) is 18.1 Å². The number of carbonyl (C=O) groups is 1. The van der Waals surface area contributed by atoms with Gasteiger partial charge < -0.3 is 18.8 Å². The maximum atomic E-state index is 12.3. The number of carbonyl (C=O) groups excluding carboxylic acids is 1. The van der Waals surface area contributed by atoms with Crippen molar-refractivity contribution in [3.63, 3.8) is 0 Å². The van der Waals surface area contributed by atoms with Gasteiger partial charge in [-0.05, 0) is 12.1 Å². The number of morpholine rings is 2. The van der Waals surface area contributed by atoms with Gasteiger partial charge in [0.2, 0.25) is 0 Å². The Hall–Kier alpha value is -1.37. The molecule has 20 heavy (non-hydrogen) atoms. The first-order valence-electron chi connectivity index (χ1n) is 6.96. The molecule has 0 N–H and O–H groups in total. The van der Waals surface area contributed by atoms with Crippen LogP contribution in [-0.2, 0) is 9.47 Å². The molecule has 0 saturated carbocycles. The van der Waals surface area contributed by atoms with Crippen LogP contribution in [0, 0.1) is 0 Å². The fourth-order valence-electron chi connectivity index (χ4n) is 2.90. The van der Waals surface area contributed by atoms with Gasteiger partial charge in [0.25, 0.3) is 5.91 Å². The number of methoxy groups -OCH3 is 1. The van der Waals surface area contributed by atoms with Crippen LogP contribution in [0.2, 0.25) is 0 Å². The van der Waals surface area contributed by atoms with E-state index in [9.17, 15) is 4.79 Å². The molecule has 2 bridgehead atoms. The predicted octanol–water partition coefficient (Wildman–Crippen LogP) is 0.451. The Morgan fingerprint density at radius 1 is 1.35 bits per heavy atom. The topological polar surface area (TPSA) is 55.2 Å². The van der Waals surface area contributed by atoms with E-state index in [4.69, 9.17) is 13.9 Å². The van der Waals surface area contributed by atoms with Crippen molar-refractivity contribution in [3.05, 3.63) is 24.2 Å². The number of amides is 1. The third-order valence-corrected chi connectivity index (χ3v) is 3.79. The molecular formula is C14H20N2O4. The van der Waals surface area contributed by atoms with E-state index in [2.05, 4.69) is 4.90 Å². The second-order valence-electron chi connectivity index (χ2n) is 5.32. The zero-order valence-electron chi connectivity index (χ0n) is 11.7. The molecular weight excluding hydrogens is 260 g/mol. The van der Waals surface area contributed by atoms with E-state index in [1.165, 1.54) is 6.26 Å². The molecule has 6 nitrogen and oxygen atoms in total. The molecule has 3 rings (SSSR count). The van der Waals surface area contributed by atoms with Crippen LogP contribution in [0.3, 0.4) is 0 Å². The van der Waals surface area contributed by atoms with Gasteiger partial charge in [0.1, 0.15) is 0 Å². The summed E-state index contributed by atoms with van der Waals surface area (Å²) in [7, 11) is 1.71. The molecule has 0 aliphatic carbocycles. The summed E-state index contributed by atoms with van der Waals surface area (Å²) < 4.78 is 16.2. The maximum absolute atomic E-state index is 12.3. The van der Waals surface area contributed by atoms with Crippen molar-refractivity contribution in [2.45, 2.75) is 12.2 Å². The fourth-order valence-corrected chi connectivity index (χ4v) is 2.90. The van der Waals surface area contributed by atoms with Crippen LogP contribution in [-0.4, -0.2) is 74.4 Å². The molecule has 1 amide bonds. The van der Waals surface area contributed by atoms with E-state index in [1.54, 1.807) is 19.2 Å². The monoisotopic (exact) mass is 280 g/mol. The van der Waals surface area contributed by atoms with Crippen molar-refractivity contribution < 1.29 is 18.7 Å². The van der Waals surface area contributed by atoms with Gasteiger partial charge in [0.15, 0.2) is 5.76 Å². The van der Waals surface area contributed by atoms with Crippen molar-refractivity contribution >= 4 is 5.91 Å². The van der Waals surface area contributed by atoms with Crippen LogP contribution < -0.4 is 0 Å². The van der Waals surface area contributed by atoms with E-state index >= 15 is 0 Å². The lowest BCUT2D eigenvalue weighted by atomic mass is 10.1. The number of hydrogen-bond donors (Lipinski definition) is 0. The number of hydrogen-bond acceptors (Lipinski definition) is 5. The SMILES string of the molecule is COCCN1CC2CN(C(=O)c3ccco3)CC(C1)O2. The quantitative estimate of drug-likeness (QED) is 0.801.